The zero-order valence-electron chi connectivity index (χ0n) is 23.4. The van der Waals surface area contributed by atoms with E-state index in [1.807, 2.05) is 24.3 Å². The molecule has 4 N–H and O–H groups in total. The number of aliphatic carboxylic acids is 1. The molecule has 0 radical (unpaired) electrons. The van der Waals surface area contributed by atoms with Crippen LogP contribution in [0.25, 0.3) is 11.1 Å². The first-order valence-electron chi connectivity index (χ1n) is 13.8. The second kappa shape index (κ2) is 13.5. The van der Waals surface area contributed by atoms with Gasteiger partial charge in [-0.15, -0.1) is 0 Å². The van der Waals surface area contributed by atoms with E-state index >= 15 is 0 Å². The first-order valence-corrected chi connectivity index (χ1v) is 14.2. The van der Waals surface area contributed by atoms with Crippen molar-refractivity contribution in [3.05, 3.63) is 112 Å². The molecule has 9 nitrogen and oxygen atoms in total. The van der Waals surface area contributed by atoms with E-state index in [1.54, 1.807) is 42.6 Å². The number of ether oxygens (including phenoxy) is 2. The number of nitriles is 1. The number of primary amides is 1. The Labute approximate surface area is 258 Å². The van der Waals surface area contributed by atoms with E-state index in [-0.39, 0.29) is 30.1 Å². The Morgan fingerprint density at radius 3 is 2.68 bits per heavy atom. The molecule has 44 heavy (non-hydrogen) atoms. The van der Waals surface area contributed by atoms with Crippen molar-refractivity contribution in [2.75, 3.05) is 0 Å². The molecule has 1 aliphatic rings. The fourth-order valence-electron chi connectivity index (χ4n) is 5.23. The van der Waals surface area contributed by atoms with Crippen LogP contribution in [0.4, 0.5) is 4.39 Å². The fraction of sp³-hybridized carbons (Fsp3) is 0.212. The highest BCUT2D eigenvalue weighted by Gasteiger charge is 2.28. The summed E-state index contributed by atoms with van der Waals surface area (Å²) in [5.41, 5.74) is 10.0. The van der Waals surface area contributed by atoms with Gasteiger partial charge in [0.15, 0.2) is 0 Å². The average molecular weight is 615 g/mol. The summed E-state index contributed by atoms with van der Waals surface area (Å²) < 4.78 is 27.2. The number of nitrogens with one attached hydrogen (secondary N) is 1. The molecule has 2 atom stereocenters. The Balaban J connectivity index is 1.43. The van der Waals surface area contributed by atoms with Gasteiger partial charge in [0.05, 0.1) is 17.0 Å². The average Bonchev–Trinajstić information content (AvgIpc) is 3.42. The van der Waals surface area contributed by atoms with Gasteiger partial charge in [-0.25, -0.2) is 4.39 Å². The van der Waals surface area contributed by atoms with E-state index in [0.29, 0.717) is 46.6 Å². The van der Waals surface area contributed by atoms with Crippen LogP contribution in [0.3, 0.4) is 0 Å². The quantitative estimate of drug-likeness (QED) is 0.190. The summed E-state index contributed by atoms with van der Waals surface area (Å²) in [5, 5.41) is 21.8. The number of hydrogen-bond donors (Lipinski definition) is 3. The summed E-state index contributed by atoms with van der Waals surface area (Å²) in [6, 6.07) is 18.1. The smallest absolute Gasteiger partial charge is 0.321 e. The molecule has 0 bridgehead atoms. The third kappa shape index (κ3) is 6.97. The van der Waals surface area contributed by atoms with E-state index < -0.39 is 24.3 Å². The number of hydrogen-bond acceptors (Lipinski definition) is 7. The lowest BCUT2D eigenvalue weighted by Crippen LogP contribution is -2.39. The van der Waals surface area contributed by atoms with Gasteiger partial charge in [0, 0.05) is 41.7 Å². The number of carbonyl (C=O) groups excluding carboxylic acids is 1. The summed E-state index contributed by atoms with van der Waals surface area (Å²) in [6.07, 6.45) is 3.59. The lowest BCUT2D eigenvalue weighted by molar-refractivity contribution is -0.141. The van der Waals surface area contributed by atoms with Gasteiger partial charge >= 0.3 is 5.97 Å². The van der Waals surface area contributed by atoms with Crippen molar-refractivity contribution in [2.45, 2.75) is 44.6 Å². The minimum Gasteiger partial charge on any atom is -0.488 e. The molecule has 11 heteroatoms. The third-order valence-corrected chi connectivity index (χ3v) is 7.62. The topological polar surface area (TPSA) is 148 Å². The van der Waals surface area contributed by atoms with Gasteiger partial charge in [-0.1, -0.05) is 48.0 Å². The van der Waals surface area contributed by atoms with E-state index in [1.165, 1.54) is 12.3 Å². The minimum atomic E-state index is -1.23. The maximum Gasteiger partial charge on any atom is 0.321 e. The number of nitrogens with zero attached hydrogens (tertiary/aromatic N) is 2. The monoisotopic (exact) mass is 614 g/mol. The van der Waals surface area contributed by atoms with Gasteiger partial charge in [0.25, 0.3) is 0 Å². The minimum absolute atomic E-state index is 0.00563. The Kier molecular flexibility index (Phi) is 9.38. The molecule has 1 amide bonds. The van der Waals surface area contributed by atoms with Crippen molar-refractivity contribution < 1.29 is 28.6 Å². The maximum atomic E-state index is 14.6. The molecule has 5 rings (SSSR count). The van der Waals surface area contributed by atoms with Crippen molar-refractivity contribution in [3.63, 3.8) is 0 Å². The molecular weight excluding hydrogens is 587 g/mol. The molecule has 0 saturated carbocycles. The van der Waals surface area contributed by atoms with E-state index in [0.717, 1.165) is 16.7 Å². The zero-order chi connectivity index (χ0) is 31.2. The van der Waals surface area contributed by atoms with Gasteiger partial charge in [-0.2, -0.15) is 5.26 Å². The summed E-state index contributed by atoms with van der Waals surface area (Å²) in [7, 11) is 0. The van der Waals surface area contributed by atoms with Gasteiger partial charge in [0.2, 0.25) is 5.91 Å². The number of carboxylic acid groups (broad SMARTS) is 1. The molecule has 1 aromatic heterocycles. The van der Waals surface area contributed by atoms with Gasteiger partial charge in [-0.3, -0.25) is 19.9 Å². The van der Waals surface area contributed by atoms with E-state index in [4.69, 9.17) is 26.8 Å². The molecular formula is C33H28ClFN4O5. The maximum absolute atomic E-state index is 14.6. The fourth-order valence-corrected chi connectivity index (χ4v) is 5.46. The number of fused-ring (bicyclic) bond motifs is 1. The number of benzene rings is 3. The van der Waals surface area contributed by atoms with Crippen molar-refractivity contribution in [3.8, 4) is 28.7 Å². The molecule has 0 spiro atoms. The third-order valence-electron chi connectivity index (χ3n) is 7.32. The highest BCUT2D eigenvalue weighted by molar-refractivity contribution is 6.32. The predicted octanol–water partition coefficient (Wildman–Crippen LogP) is 5.48. The Bertz CT molecular complexity index is 1760. The Morgan fingerprint density at radius 2 is 1.93 bits per heavy atom. The first kappa shape index (κ1) is 30.5. The van der Waals surface area contributed by atoms with Gasteiger partial charge in [0.1, 0.15) is 42.1 Å². The molecule has 0 saturated heterocycles. The summed E-state index contributed by atoms with van der Waals surface area (Å²) >= 11 is 6.68. The summed E-state index contributed by atoms with van der Waals surface area (Å²) in [5.74, 6) is -1.60. The van der Waals surface area contributed by atoms with E-state index in [2.05, 4.69) is 10.3 Å². The molecule has 1 aliphatic carbocycles. The number of pyridine rings is 1. The van der Waals surface area contributed by atoms with Crippen LogP contribution >= 0.6 is 11.6 Å². The normalized spacial score (nSPS) is 14.3. The van der Waals surface area contributed by atoms with Crippen molar-refractivity contribution in [1.82, 2.24) is 10.3 Å². The Hall–Kier alpha value is -4.98. The second-order valence-electron chi connectivity index (χ2n) is 10.3. The van der Waals surface area contributed by atoms with Crippen LogP contribution < -0.4 is 20.5 Å². The highest BCUT2D eigenvalue weighted by Crippen LogP contribution is 2.43. The number of carbonyl (C=O) groups is 2. The summed E-state index contributed by atoms with van der Waals surface area (Å²) in [6.45, 7) is 0.0484. The van der Waals surface area contributed by atoms with Crippen LogP contribution in [0.5, 0.6) is 11.5 Å². The molecule has 4 aromatic rings. The Morgan fingerprint density at radius 1 is 1.14 bits per heavy atom. The van der Waals surface area contributed by atoms with Crippen LogP contribution in [0.1, 0.15) is 46.8 Å². The lowest BCUT2D eigenvalue weighted by atomic mass is 9.96. The number of halogens is 2. The van der Waals surface area contributed by atoms with E-state index in [9.17, 15) is 24.3 Å². The molecule has 3 aromatic carbocycles. The zero-order valence-corrected chi connectivity index (χ0v) is 24.2. The standard InChI is InChI=1S/C33H28ClFN4O5/c34-26-11-21(17-39-28(33(41)42)12-32(37)40)30(43-18-20-10-19(14-36)15-38-16-20)13-31(26)44-29-9-8-23-22(5-3-6-25(23)29)24-4-1-2-7-27(24)35/h1-7,10-11,13,15-16,28-29,39H,8-9,12,17-18H2,(H2,37,40)(H,41,42)/t28?,29-/m0/s1. The number of rotatable bonds is 12. The number of nitrogens with two attached hydrogens (primary N) is 1. The van der Waals surface area contributed by atoms with Crippen LogP contribution in [0.15, 0.2) is 73.1 Å². The highest BCUT2D eigenvalue weighted by atomic mass is 35.5. The first-order chi connectivity index (χ1) is 21.2. The molecule has 0 fully saturated rings. The predicted molar refractivity (Wildman–Crippen MR) is 160 cm³/mol. The molecule has 1 heterocycles. The SMILES string of the molecule is N#Cc1cncc(COc2cc(O[C@H]3CCc4c(-c5ccccc5F)cccc43)c(Cl)cc2CNC(CC(N)=O)C(=O)O)c1. The van der Waals surface area contributed by atoms with Crippen LogP contribution in [0.2, 0.25) is 5.02 Å². The number of amides is 1. The van der Waals surface area contributed by atoms with Crippen molar-refractivity contribution in [2.24, 2.45) is 5.73 Å². The van der Waals surface area contributed by atoms with Crippen molar-refractivity contribution in [1.29, 1.82) is 5.26 Å². The van der Waals surface area contributed by atoms with Crippen LogP contribution in [-0.4, -0.2) is 28.0 Å². The van der Waals surface area contributed by atoms with Crippen LogP contribution in [0, 0.1) is 17.1 Å². The molecule has 224 valence electrons. The second-order valence-corrected chi connectivity index (χ2v) is 10.7. The largest absolute Gasteiger partial charge is 0.488 e. The number of aromatic nitrogens is 1. The molecule has 0 aliphatic heterocycles. The van der Waals surface area contributed by atoms with Crippen molar-refractivity contribution >= 4 is 23.5 Å². The van der Waals surface area contributed by atoms with Gasteiger partial charge in [-0.05, 0) is 47.7 Å². The molecule has 1 unspecified atom stereocenters. The summed E-state index contributed by atoms with van der Waals surface area (Å²) in [4.78, 5) is 27.1. The van der Waals surface area contributed by atoms with Crippen LogP contribution in [-0.2, 0) is 29.2 Å². The lowest BCUT2D eigenvalue weighted by Gasteiger charge is -2.20. The number of carboxylic acids is 1. The van der Waals surface area contributed by atoms with Gasteiger partial charge < -0.3 is 20.3 Å².